The third-order valence-corrected chi connectivity index (χ3v) is 8.17. The Morgan fingerprint density at radius 1 is 0.787 bits per heavy atom. The van der Waals surface area contributed by atoms with Crippen LogP contribution in [0.1, 0.15) is 38.1 Å². The summed E-state index contributed by atoms with van der Waals surface area (Å²) in [7, 11) is -3.12. The Morgan fingerprint density at radius 2 is 1.32 bits per heavy atom. The van der Waals surface area contributed by atoms with Crippen LogP contribution in [0.4, 0.5) is 11.6 Å². The first-order chi connectivity index (χ1) is 22.7. The molecule has 0 radical (unpaired) electrons. The number of nitrogens with two attached hydrogens (primary N) is 2. The summed E-state index contributed by atoms with van der Waals surface area (Å²) < 4.78 is 46.8. The minimum atomic E-state index is -1.59. The van der Waals surface area contributed by atoms with Crippen LogP contribution in [0.15, 0.2) is 55.6 Å². The number of hydrogen-bond donors (Lipinski definition) is 3. The number of imidazole rings is 2. The highest BCUT2D eigenvalue weighted by Gasteiger charge is 2.30. The number of aromatic nitrogens is 8. The summed E-state index contributed by atoms with van der Waals surface area (Å²) in [6, 6.07) is 9.12. The molecule has 4 aromatic heterocycles. The lowest BCUT2D eigenvalue weighted by Crippen LogP contribution is -2.15. The van der Waals surface area contributed by atoms with Gasteiger partial charge >= 0.3 is 16.1 Å². The van der Waals surface area contributed by atoms with Gasteiger partial charge in [-0.05, 0) is 46.9 Å². The summed E-state index contributed by atoms with van der Waals surface area (Å²) in [5.74, 6) is 1.38. The van der Waals surface area contributed by atoms with Crippen molar-refractivity contribution in [3.05, 3.63) is 55.6 Å². The van der Waals surface area contributed by atoms with Gasteiger partial charge in [-0.15, -0.1) is 4.52 Å². The SMILES string of the molecule is C[P+](=O)OC[C@H]1CC[C@@H](n2cnc3c(N)ncnc32)O1.C[P+](=O)Oc1ccccc1.Nc1ncnc2c1ncn2[C@@H]1CC[C@H](CO)O1. The number of fused-ring (bicyclic) bond motifs is 2. The molecule has 17 nitrogen and oxygen atoms in total. The van der Waals surface area contributed by atoms with Gasteiger partial charge in [0.05, 0.1) is 31.5 Å². The predicted molar refractivity (Wildman–Crippen MR) is 173 cm³/mol. The van der Waals surface area contributed by atoms with E-state index in [1.54, 1.807) is 24.8 Å². The molecule has 19 heteroatoms. The Balaban J connectivity index is 0.000000146. The van der Waals surface area contributed by atoms with Gasteiger partial charge in [0, 0.05) is 0 Å². The number of aliphatic hydroxyl groups is 1. The van der Waals surface area contributed by atoms with Gasteiger partial charge in [0.25, 0.3) is 0 Å². The number of para-hydroxylation sites is 1. The molecule has 6 heterocycles. The van der Waals surface area contributed by atoms with Crippen molar-refractivity contribution in [2.75, 3.05) is 38.0 Å². The standard InChI is InChI=1S/C11H15N5O3P.C10H13N5O2.C7H8O2P/c1-20(17)18-4-7-2-3-8(19-7)16-6-15-9-10(12)13-5-14-11(9)16;11-9-8-10(13-4-12-9)15(5-14-8)7-2-1-6(3-16)17-7;1-10(8)9-7-5-3-2-4-6-7/h5-8H,2-4H2,1H3,(H2,12,13,14);4-7,16H,1-3H2,(H2,11,12,13);2-6H,1H3/q+1;;+1/t7-,8+;6-,7+;/m11./s1. The number of anilines is 2. The average molecular weight is 687 g/mol. The van der Waals surface area contributed by atoms with E-state index < -0.39 is 16.1 Å². The Labute approximate surface area is 271 Å². The van der Waals surface area contributed by atoms with Crippen molar-refractivity contribution < 1.29 is 32.8 Å². The Bertz CT molecular complexity index is 1810. The molecule has 0 amide bonds. The maximum Gasteiger partial charge on any atom is 0.552 e. The fourth-order valence-corrected chi connectivity index (χ4v) is 5.81. The molecular weight excluding hydrogens is 650 g/mol. The topological polar surface area (TPSA) is 231 Å². The van der Waals surface area contributed by atoms with Crippen LogP contribution in [0.2, 0.25) is 0 Å². The number of ether oxygens (including phenoxy) is 2. The number of aliphatic hydroxyl groups excluding tert-OH is 1. The van der Waals surface area contributed by atoms with Crippen LogP contribution in [0.5, 0.6) is 5.75 Å². The number of rotatable bonds is 8. The van der Waals surface area contributed by atoms with Crippen molar-refractivity contribution in [3.8, 4) is 5.75 Å². The first-order valence-corrected chi connectivity index (χ1v) is 17.9. The van der Waals surface area contributed by atoms with E-state index in [0.29, 0.717) is 46.3 Å². The van der Waals surface area contributed by atoms with E-state index in [1.165, 1.54) is 26.0 Å². The van der Waals surface area contributed by atoms with Crippen LogP contribution in [0.25, 0.3) is 22.3 Å². The summed E-state index contributed by atoms with van der Waals surface area (Å²) in [5, 5.41) is 9.04. The third-order valence-electron chi connectivity index (χ3n) is 7.19. The zero-order valence-corrected chi connectivity index (χ0v) is 27.6. The molecule has 2 unspecified atom stereocenters. The normalized spacial score (nSPS) is 21.1. The van der Waals surface area contributed by atoms with Gasteiger partial charge in [-0.25, -0.2) is 29.9 Å². The van der Waals surface area contributed by atoms with Gasteiger partial charge in [-0.3, -0.25) is 13.7 Å². The zero-order chi connectivity index (χ0) is 33.3. The molecule has 0 bridgehead atoms. The average Bonchev–Trinajstić information content (AvgIpc) is 3.87. The van der Waals surface area contributed by atoms with E-state index in [4.69, 9.17) is 35.1 Å². The smallest absolute Gasteiger partial charge is 0.394 e. The predicted octanol–water partition coefficient (Wildman–Crippen LogP) is 3.99. The zero-order valence-electron chi connectivity index (χ0n) is 25.8. The summed E-state index contributed by atoms with van der Waals surface area (Å²) in [4.78, 5) is 24.6. The van der Waals surface area contributed by atoms with Crippen LogP contribution in [-0.2, 0) is 23.1 Å². The Kier molecular flexibility index (Phi) is 11.6. The molecule has 47 heavy (non-hydrogen) atoms. The van der Waals surface area contributed by atoms with E-state index >= 15 is 0 Å². The molecular formula is C28H36N10O7P2+2. The highest BCUT2D eigenvalue weighted by Crippen LogP contribution is 2.33. The lowest BCUT2D eigenvalue weighted by atomic mass is 10.2. The number of hydrogen-bond acceptors (Lipinski definition) is 15. The second kappa shape index (κ2) is 16.0. The Hall–Kier alpha value is -4.24. The van der Waals surface area contributed by atoms with Crippen molar-refractivity contribution in [3.63, 3.8) is 0 Å². The summed E-state index contributed by atoms with van der Waals surface area (Å²) in [5.41, 5.74) is 14.0. The maximum atomic E-state index is 10.9. The van der Waals surface area contributed by atoms with E-state index in [2.05, 4.69) is 29.9 Å². The monoisotopic (exact) mass is 686 g/mol. The van der Waals surface area contributed by atoms with Crippen LogP contribution >= 0.6 is 16.1 Å². The minimum Gasteiger partial charge on any atom is -0.394 e. The molecule has 7 rings (SSSR count). The lowest BCUT2D eigenvalue weighted by Gasteiger charge is -2.13. The highest BCUT2D eigenvalue weighted by atomic mass is 31.1. The summed E-state index contributed by atoms with van der Waals surface area (Å²) in [6.07, 6.45) is 9.02. The summed E-state index contributed by atoms with van der Waals surface area (Å²) >= 11 is 0. The molecule has 0 aliphatic carbocycles. The van der Waals surface area contributed by atoms with Crippen LogP contribution in [0, 0.1) is 0 Å². The molecule has 0 spiro atoms. The largest absolute Gasteiger partial charge is 0.552 e. The molecule has 248 valence electrons. The van der Waals surface area contributed by atoms with Crippen LogP contribution < -0.4 is 16.0 Å². The first kappa shape index (κ1) is 34.1. The van der Waals surface area contributed by atoms with Gasteiger partial charge < -0.3 is 26.0 Å². The first-order valence-electron chi connectivity index (χ1n) is 14.7. The fraction of sp³-hybridized carbons (Fsp3) is 0.429. The maximum absolute atomic E-state index is 10.9. The van der Waals surface area contributed by atoms with Gasteiger partial charge in [0.1, 0.15) is 42.8 Å². The molecule has 5 aromatic rings. The quantitative estimate of drug-likeness (QED) is 0.196. The van der Waals surface area contributed by atoms with Crippen LogP contribution in [0.3, 0.4) is 0 Å². The molecule has 1 aromatic carbocycles. The Morgan fingerprint density at radius 3 is 1.81 bits per heavy atom. The minimum absolute atomic E-state index is 0.0419. The van der Waals surface area contributed by atoms with Gasteiger partial charge in [-0.1, -0.05) is 18.2 Å². The molecule has 2 saturated heterocycles. The highest BCUT2D eigenvalue weighted by molar-refractivity contribution is 7.38. The van der Waals surface area contributed by atoms with E-state index in [0.717, 1.165) is 25.7 Å². The van der Waals surface area contributed by atoms with E-state index in [9.17, 15) is 9.13 Å². The third kappa shape index (κ3) is 8.77. The molecule has 6 atom stereocenters. The second-order valence-electron chi connectivity index (χ2n) is 10.5. The van der Waals surface area contributed by atoms with Crippen LogP contribution in [-0.4, -0.2) is 82.9 Å². The molecule has 2 aliphatic heterocycles. The molecule has 2 aliphatic rings. The van der Waals surface area contributed by atoms with Crippen molar-refractivity contribution in [1.82, 2.24) is 39.0 Å². The second-order valence-corrected chi connectivity index (χ2v) is 12.7. The molecule has 0 saturated carbocycles. The van der Waals surface area contributed by atoms with Crippen molar-refractivity contribution >= 4 is 50.0 Å². The van der Waals surface area contributed by atoms with Gasteiger partial charge in [-0.2, -0.15) is 0 Å². The van der Waals surface area contributed by atoms with Gasteiger partial charge in [0.2, 0.25) is 0 Å². The van der Waals surface area contributed by atoms with Crippen molar-refractivity contribution in [2.24, 2.45) is 0 Å². The van der Waals surface area contributed by atoms with E-state index in [-0.39, 0.29) is 31.3 Å². The number of benzene rings is 1. The van der Waals surface area contributed by atoms with E-state index in [1.807, 2.05) is 27.3 Å². The van der Waals surface area contributed by atoms with Crippen molar-refractivity contribution in [1.29, 1.82) is 0 Å². The number of nitrogen functional groups attached to an aromatic ring is 2. The number of nitrogens with zero attached hydrogens (tertiary/aromatic N) is 8. The molecule has 5 N–H and O–H groups in total. The molecule has 2 fully saturated rings. The van der Waals surface area contributed by atoms with Crippen molar-refractivity contribution in [2.45, 2.75) is 50.3 Å². The fourth-order valence-electron chi connectivity index (χ4n) is 5.02. The van der Waals surface area contributed by atoms with Gasteiger partial charge in [0.15, 0.2) is 42.0 Å². The lowest BCUT2D eigenvalue weighted by molar-refractivity contribution is -0.0207. The summed E-state index contributed by atoms with van der Waals surface area (Å²) in [6.45, 7) is 3.44.